The molecule has 8 heteroatoms. The van der Waals surface area contributed by atoms with Gasteiger partial charge in [0.25, 0.3) is 0 Å². The highest BCUT2D eigenvalue weighted by Crippen LogP contribution is 2.23. The van der Waals surface area contributed by atoms with Crippen LogP contribution >= 0.6 is 15.9 Å². The van der Waals surface area contributed by atoms with E-state index < -0.39 is 0 Å². The van der Waals surface area contributed by atoms with Gasteiger partial charge in [0.15, 0.2) is 18.0 Å². The van der Waals surface area contributed by atoms with Crippen molar-refractivity contribution in [3.63, 3.8) is 0 Å². The van der Waals surface area contributed by atoms with Crippen LogP contribution in [-0.4, -0.2) is 33.7 Å². The Hall–Kier alpha value is -2.19. The van der Waals surface area contributed by atoms with E-state index in [2.05, 4.69) is 53.0 Å². The molecule has 1 aliphatic rings. The third-order valence-electron chi connectivity index (χ3n) is 4.09. The van der Waals surface area contributed by atoms with Crippen molar-refractivity contribution in [1.29, 1.82) is 0 Å². The predicted octanol–water partition coefficient (Wildman–Crippen LogP) is 1.69. The molecule has 1 aliphatic heterocycles. The molecule has 0 spiro atoms. The molecule has 1 atom stereocenters. The van der Waals surface area contributed by atoms with E-state index in [0.717, 1.165) is 41.3 Å². The van der Waals surface area contributed by atoms with Crippen molar-refractivity contribution in [2.75, 3.05) is 23.7 Å². The molecule has 4 rings (SSSR count). The zero-order valence-corrected chi connectivity index (χ0v) is 14.7. The third-order valence-corrected chi connectivity index (χ3v) is 4.65. The summed E-state index contributed by atoms with van der Waals surface area (Å²) in [5, 5.41) is 14.7. The lowest BCUT2D eigenvalue weighted by Crippen LogP contribution is -2.23. The summed E-state index contributed by atoms with van der Waals surface area (Å²) in [7, 11) is 0. The van der Waals surface area contributed by atoms with E-state index in [1.165, 1.54) is 5.56 Å². The normalized spacial score (nSPS) is 17.3. The van der Waals surface area contributed by atoms with E-state index in [-0.39, 0.29) is 0 Å². The van der Waals surface area contributed by atoms with Crippen molar-refractivity contribution in [3.05, 3.63) is 46.8 Å². The largest absolute Gasteiger partial charge is 0.366 e. The average molecular weight is 389 g/mol. The van der Waals surface area contributed by atoms with E-state index in [4.69, 9.17) is 0 Å². The Balaban J connectivity index is 1.62. The van der Waals surface area contributed by atoms with Gasteiger partial charge in [-0.25, -0.2) is 9.97 Å². The minimum atomic E-state index is 0.415. The van der Waals surface area contributed by atoms with Gasteiger partial charge in [0.1, 0.15) is 11.6 Å². The Morgan fingerprint density at radius 2 is 2.42 bits per heavy atom. The number of H-pyrrole nitrogens is 1. The Bertz CT molecular complexity index is 827. The predicted molar refractivity (Wildman–Crippen MR) is 95.9 cm³/mol. The summed E-state index contributed by atoms with van der Waals surface area (Å²) < 4.78 is 2.70. The Labute approximate surface area is 148 Å². The zero-order valence-electron chi connectivity index (χ0n) is 13.1. The van der Waals surface area contributed by atoms with E-state index in [9.17, 15) is 0 Å². The molecule has 124 valence electrons. The fourth-order valence-corrected chi connectivity index (χ4v) is 3.20. The summed E-state index contributed by atoms with van der Waals surface area (Å²) in [4.78, 5) is 7.78. The van der Waals surface area contributed by atoms with Crippen molar-refractivity contribution >= 4 is 33.2 Å². The molecular weight excluding hydrogens is 370 g/mol. The summed E-state index contributed by atoms with van der Waals surface area (Å²) in [6.45, 7) is 2.72. The molecule has 3 aromatic rings. The van der Waals surface area contributed by atoms with Gasteiger partial charge in [-0.2, -0.15) is 9.61 Å². The lowest BCUT2D eigenvalue weighted by atomic mass is 10.2. The van der Waals surface area contributed by atoms with Crippen LogP contribution in [0, 0.1) is 0 Å². The summed E-state index contributed by atoms with van der Waals surface area (Å²) in [6.07, 6.45) is 6.75. The molecule has 1 saturated heterocycles. The first-order valence-electron chi connectivity index (χ1n) is 8.00. The molecule has 0 aliphatic carbocycles. The number of aromatic amines is 1. The number of anilines is 2. The van der Waals surface area contributed by atoms with Gasteiger partial charge in [-0.15, -0.1) is 0 Å². The fraction of sp³-hybridized carbons (Fsp3) is 0.312. The van der Waals surface area contributed by atoms with Gasteiger partial charge in [-0.1, -0.05) is 0 Å². The molecular formula is C16H19BrN7+. The van der Waals surface area contributed by atoms with Crippen LogP contribution in [0.3, 0.4) is 0 Å². The molecule has 0 amide bonds. The van der Waals surface area contributed by atoms with E-state index in [1.54, 1.807) is 6.20 Å². The molecule has 3 aromatic heterocycles. The standard InChI is InChI=1S/C16H18BrN7/c17-13-10-21-24-15(20-8-11-2-1-4-18-7-11)6-14(23-16(13)24)22-12-3-5-19-9-12/h1-2,4,6-7,10,12,19-20H,3,5,8-9H2,(H,22,23)/p+1/t12-/m0/s1. The minimum absolute atomic E-state index is 0.415. The molecule has 4 N–H and O–H groups in total. The third kappa shape index (κ3) is 3.20. The van der Waals surface area contributed by atoms with Crippen molar-refractivity contribution < 1.29 is 4.98 Å². The maximum Gasteiger partial charge on any atom is 0.173 e. The molecule has 0 aromatic carbocycles. The van der Waals surface area contributed by atoms with Crippen LogP contribution in [0.15, 0.2) is 41.3 Å². The van der Waals surface area contributed by atoms with Gasteiger partial charge in [0.2, 0.25) is 0 Å². The van der Waals surface area contributed by atoms with Crippen molar-refractivity contribution in [2.24, 2.45) is 0 Å². The lowest BCUT2D eigenvalue weighted by Gasteiger charge is -2.15. The number of pyridine rings is 1. The van der Waals surface area contributed by atoms with Crippen LogP contribution < -0.4 is 20.9 Å². The molecule has 24 heavy (non-hydrogen) atoms. The minimum Gasteiger partial charge on any atom is -0.366 e. The van der Waals surface area contributed by atoms with Gasteiger partial charge in [0, 0.05) is 36.8 Å². The average Bonchev–Trinajstić information content (AvgIpc) is 3.24. The van der Waals surface area contributed by atoms with E-state index in [1.807, 2.05) is 29.0 Å². The Morgan fingerprint density at radius 1 is 1.46 bits per heavy atom. The summed E-state index contributed by atoms with van der Waals surface area (Å²) in [5.41, 5.74) is 1.97. The maximum absolute atomic E-state index is 4.68. The van der Waals surface area contributed by atoms with Gasteiger partial charge < -0.3 is 16.0 Å². The maximum atomic E-state index is 4.68. The quantitative estimate of drug-likeness (QED) is 0.619. The van der Waals surface area contributed by atoms with Gasteiger partial charge in [-0.05, 0) is 35.0 Å². The Morgan fingerprint density at radius 3 is 3.21 bits per heavy atom. The second-order valence-corrected chi connectivity index (χ2v) is 6.71. The summed E-state index contributed by atoms with van der Waals surface area (Å²) in [6, 6.07) is 6.49. The van der Waals surface area contributed by atoms with Crippen LogP contribution in [0.4, 0.5) is 11.6 Å². The number of hydrogen-bond donors (Lipinski definition) is 3. The van der Waals surface area contributed by atoms with Crippen molar-refractivity contribution in [1.82, 2.24) is 19.9 Å². The molecule has 0 bridgehead atoms. The lowest BCUT2D eigenvalue weighted by molar-refractivity contribution is -0.378. The van der Waals surface area contributed by atoms with Gasteiger partial charge >= 0.3 is 0 Å². The number of hydrogen-bond acceptors (Lipinski definition) is 5. The number of halogens is 1. The topological polar surface area (TPSA) is 80.4 Å². The zero-order chi connectivity index (χ0) is 16.4. The molecule has 0 radical (unpaired) electrons. The number of nitrogens with zero attached hydrogens (tertiary/aromatic N) is 3. The van der Waals surface area contributed by atoms with Gasteiger partial charge in [-0.3, -0.25) is 0 Å². The van der Waals surface area contributed by atoms with Crippen molar-refractivity contribution in [2.45, 2.75) is 19.0 Å². The van der Waals surface area contributed by atoms with Crippen LogP contribution in [0.5, 0.6) is 0 Å². The highest BCUT2D eigenvalue weighted by atomic mass is 79.9. The van der Waals surface area contributed by atoms with Crippen LogP contribution in [0.25, 0.3) is 5.65 Å². The molecule has 0 saturated carbocycles. The van der Waals surface area contributed by atoms with Crippen molar-refractivity contribution in [3.8, 4) is 0 Å². The summed E-state index contributed by atoms with van der Waals surface area (Å²) >= 11 is 3.53. The first-order valence-corrected chi connectivity index (χ1v) is 8.79. The van der Waals surface area contributed by atoms with E-state index >= 15 is 0 Å². The Kier molecular flexibility index (Phi) is 4.31. The number of nitrogens with one attached hydrogen (secondary N) is 4. The first kappa shape index (κ1) is 15.3. The smallest absolute Gasteiger partial charge is 0.173 e. The second-order valence-electron chi connectivity index (χ2n) is 5.85. The van der Waals surface area contributed by atoms with Crippen LogP contribution in [0.1, 0.15) is 12.0 Å². The molecule has 4 heterocycles. The highest BCUT2D eigenvalue weighted by molar-refractivity contribution is 9.10. The molecule has 1 fully saturated rings. The second kappa shape index (κ2) is 6.74. The monoisotopic (exact) mass is 388 g/mol. The van der Waals surface area contributed by atoms with E-state index in [0.29, 0.717) is 12.6 Å². The number of aromatic nitrogens is 4. The number of rotatable bonds is 5. The fourth-order valence-electron chi connectivity index (χ4n) is 2.86. The van der Waals surface area contributed by atoms with Gasteiger partial charge in [0.05, 0.1) is 10.7 Å². The van der Waals surface area contributed by atoms with Crippen LogP contribution in [-0.2, 0) is 6.54 Å². The highest BCUT2D eigenvalue weighted by Gasteiger charge is 2.16. The summed E-state index contributed by atoms with van der Waals surface area (Å²) in [5.74, 6) is 1.77. The SMILES string of the molecule is Brc1cnn2c(NCc3ccc[nH+]c3)cc(N[C@H]3CCNC3)nc12. The first-order chi connectivity index (χ1) is 11.8. The van der Waals surface area contributed by atoms with Crippen LogP contribution in [0.2, 0.25) is 0 Å². The molecule has 7 nitrogen and oxygen atoms in total. The number of fused-ring (bicyclic) bond motifs is 1. The molecule has 0 unspecified atom stereocenters.